The third-order valence-corrected chi connectivity index (χ3v) is 4.92. The molecule has 0 unspecified atom stereocenters. The van der Waals surface area contributed by atoms with Crippen LogP contribution in [0.5, 0.6) is 17.2 Å². The van der Waals surface area contributed by atoms with Crippen molar-refractivity contribution in [3.8, 4) is 28.5 Å². The first-order valence-electron chi connectivity index (χ1n) is 7.76. The lowest BCUT2D eigenvalue weighted by Crippen LogP contribution is -2.12. The molecule has 0 fully saturated rings. The van der Waals surface area contributed by atoms with E-state index in [9.17, 15) is 15.3 Å². The minimum atomic E-state index is -0.574. The molecule has 0 saturated heterocycles. The Kier molecular flexibility index (Phi) is 5.43. The summed E-state index contributed by atoms with van der Waals surface area (Å²) in [4.78, 5) is 5.16. The predicted octanol–water partition coefficient (Wildman–Crippen LogP) is 3.90. The molecule has 1 aromatic heterocycles. The number of hydrogen-bond donors (Lipinski definition) is 3. The van der Waals surface area contributed by atoms with Gasteiger partial charge in [0.2, 0.25) is 10.6 Å². The lowest BCUT2D eigenvalue weighted by Gasteiger charge is -2.06. The van der Waals surface area contributed by atoms with Gasteiger partial charge in [-0.25, -0.2) is 4.68 Å². The highest BCUT2D eigenvalue weighted by molar-refractivity contribution is 9.10. The Labute approximate surface area is 162 Å². The molecule has 8 heteroatoms. The second-order valence-electron chi connectivity index (χ2n) is 5.32. The third kappa shape index (κ3) is 3.66. The molecule has 3 rings (SSSR count). The molecule has 26 heavy (non-hydrogen) atoms. The monoisotopic (exact) mass is 433 g/mol. The highest BCUT2D eigenvalue weighted by Gasteiger charge is 2.11. The minimum absolute atomic E-state index is 0.279. The number of hydrogen-bond acceptors (Lipinski definition) is 6. The summed E-state index contributed by atoms with van der Waals surface area (Å²) in [6.07, 6.45) is 1.41. The summed E-state index contributed by atoms with van der Waals surface area (Å²) in [7, 11) is 0. The fourth-order valence-electron chi connectivity index (χ4n) is 2.31. The van der Waals surface area contributed by atoms with E-state index in [1.165, 1.54) is 29.7 Å². The predicted molar refractivity (Wildman–Crippen MR) is 106 cm³/mol. The molecule has 0 aliphatic rings. The minimum Gasteiger partial charge on any atom is -0.504 e. The quantitative estimate of drug-likeness (QED) is 0.430. The van der Waals surface area contributed by atoms with E-state index < -0.39 is 11.5 Å². The third-order valence-electron chi connectivity index (χ3n) is 3.57. The Morgan fingerprint density at radius 3 is 2.69 bits per heavy atom. The van der Waals surface area contributed by atoms with Crippen molar-refractivity contribution in [3.63, 3.8) is 0 Å². The molecule has 0 atom stereocenters. The zero-order valence-electron chi connectivity index (χ0n) is 13.8. The number of thiazole rings is 1. The molecule has 0 bridgehead atoms. The van der Waals surface area contributed by atoms with Crippen LogP contribution in [0.3, 0.4) is 0 Å². The largest absolute Gasteiger partial charge is 0.504 e. The van der Waals surface area contributed by atoms with E-state index in [2.05, 4.69) is 26.0 Å². The van der Waals surface area contributed by atoms with Crippen molar-refractivity contribution in [1.29, 1.82) is 0 Å². The first-order chi connectivity index (χ1) is 12.5. The smallest absolute Gasteiger partial charge is 0.206 e. The van der Waals surface area contributed by atoms with Crippen LogP contribution in [0.15, 0.2) is 56.3 Å². The van der Waals surface area contributed by atoms with Gasteiger partial charge in [-0.05, 0) is 31.2 Å². The van der Waals surface area contributed by atoms with Gasteiger partial charge in [0.05, 0.1) is 11.9 Å². The average Bonchev–Trinajstić information content (AvgIpc) is 3.02. The molecule has 0 saturated carbocycles. The van der Waals surface area contributed by atoms with Gasteiger partial charge in [-0.1, -0.05) is 28.1 Å². The standard InChI is InChI=1S/C18H16BrN3O3S/c1-2-20-18-22(14(10-26-18)11-4-3-5-13(19)8-11)21-9-12-6-7-15(23)17(25)16(12)24/h3-10,23-25H,2H2,1H3. The van der Waals surface area contributed by atoms with Crippen LogP contribution in [-0.4, -0.2) is 32.8 Å². The molecule has 0 amide bonds. The molecule has 3 aromatic rings. The Morgan fingerprint density at radius 2 is 1.96 bits per heavy atom. The van der Waals surface area contributed by atoms with E-state index in [4.69, 9.17) is 0 Å². The molecule has 0 aliphatic heterocycles. The molecule has 134 valence electrons. The maximum absolute atomic E-state index is 9.96. The zero-order valence-corrected chi connectivity index (χ0v) is 16.2. The van der Waals surface area contributed by atoms with Crippen molar-refractivity contribution < 1.29 is 15.3 Å². The number of aromatic hydroxyl groups is 3. The summed E-state index contributed by atoms with van der Waals surface area (Å²) < 4.78 is 2.63. The van der Waals surface area contributed by atoms with Gasteiger partial charge in [0.25, 0.3) is 0 Å². The van der Waals surface area contributed by atoms with Crippen LogP contribution in [0.2, 0.25) is 0 Å². The van der Waals surface area contributed by atoms with Gasteiger partial charge in [-0.2, -0.15) is 5.10 Å². The van der Waals surface area contributed by atoms with Gasteiger partial charge in [-0.3, -0.25) is 4.99 Å². The van der Waals surface area contributed by atoms with Gasteiger partial charge >= 0.3 is 0 Å². The van der Waals surface area contributed by atoms with Crippen LogP contribution in [0.25, 0.3) is 11.3 Å². The Bertz CT molecular complexity index is 1040. The van der Waals surface area contributed by atoms with Crippen molar-refractivity contribution >= 4 is 33.5 Å². The summed E-state index contributed by atoms with van der Waals surface area (Å²) >= 11 is 4.93. The lowest BCUT2D eigenvalue weighted by molar-refractivity contribution is 0.367. The van der Waals surface area contributed by atoms with Crippen LogP contribution >= 0.6 is 27.3 Å². The van der Waals surface area contributed by atoms with Gasteiger partial charge in [-0.15, -0.1) is 11.3 Å². The number of aromatic nitrogens is 1. The van der Waals surface area contributed by atoms with E-state index >= 15 is 0 Å². The van der Waals surface area contributed by atoms with Gasteiger partial charge in [0.1, 0.15) is 0 Å². The Morgan fingerprint density at radius 1 is 1.15 bits per heavy atom. The van der Waals surface area contributed by atoms with Crippen LogP contribution in [0.1, 0.15) is 12.5 Å². The summed E-state index contributed by atoms with van der Waals surface area (Å²) in [6.45, 7) is 2.55. The van der Waals surface area contributed by atoms with Gasteiger partial charge in [0, 0.05) is 27.5 Å². The summed E-state index contributed by atoms with van der Waals surface area (Å²) in [5, 5.41) is 35.4. The number of benzene rings is 2. The summed E-state index contributed by atoms with van der Waals surface area (Å²) in [5.41, 5.74) is 2.09. The second-order valence-corrected chi connectivity index (χ2v) is 7.07. The maximum atomic E-state index is 9.96. The van der Waals surface area contributed by atoms with Crippen LogP contribution in [0, 0.1) is 0 Å². The molecular formula is C18H16BrN3O3S. The van der Waals surface area contributed by atoms with Crippen molar-refractivity contribution in [2.75, 3.05) is 6.54 Å². The van der Waals surface area contributed by atoms with E-state index in [0.29, 0.717) is 11.3 Å². The van der Waals surface area contributed by atoms with Crippen LogP contribution in [-0.2, 0) is 0 Å². The lowest BCUT2D eigenvalue weighted by atomic mass is 10.2. The molecule has 2 aromatic carbocycles. The number of rotatable bonds is 4. The van der Waals surface area contributed by atoms with E-state index in [0.717, 1.165) is 15.7 Å². The number of nitrogens with zero attached hydrogens (tertiary/aromatic N) is 3. The van der Waals surface area contributed by atoms with Gasteiger partial charge < -0.3 is 15.3 Å². The van der Waals surface area contributed by atoms with Crippen molar-refractivity contribution in [2.45, 2.75) is 6.92 Å². The van der Waals surface area contributed by atoms with E-state index in [-0.39, 0.29) is 11.3 Å². The number of halogens is 1. The van der Waals surface area contributed by atoms with Crippen molar-refractivity contribution in [1.82, 2.24) is 4.68 Å². The molecule has 0 spiro atoms. The fraction of sp³-hybridized carbons (Fsp3) is 0.111. The first kappa shape index (κ1) is 18.2. The molecule has 6 nitrogen and oxygen atoms in total. The summed E-state index contributed by atoms with van der Waals surface area (Å²) in [5.74, 6) is -1.39. The molecule has 0 aliphatic carbocycles. The number of phenols is 3. The average molecular weight is 434 g/mol. The summed E-state index contributed by atoms with van der Waals surface area (Å²) in [6, 6.07) is 10.6. The van der Waals surface area contributed by atoms with E-state index in [1.54, 1.807) is 4.68 Å². The highest BCUT2D eigenvalue weighted by Crippen LogP contribution is 2.36. The van der Waals surface area contributed by atoms with Crippen molar-refractivity contribution in [2.24, 2.45) is 10.1 Å². The number of phenolic OH excluding ortho intramolecular Hbond substituents is 3. The highest BCUT2D eigenvalue weighted by atomic mass is 79.9. The second kappa shape index (κ2) is 7.76. The van der Waals surface area contributed by atoms with Crippen LogP contribution in [0.4, 0.5) is 0 Å². The maximum Gasteiger partial charge on any atom is 0.206 e. The SMILES string of the molecule is CCN=c1scc(-c2cccc(Br)c2)n1N=Cc1ccc(O)c(O)c1O. The van der Waals surface area contributed by atoms with E-state index in [1.807, 2.05) is 36.6 Å². The zero-order chi connectivity index (χ0) is 18.7. The van der Waals surface area contributed by atoms with Crippen molar-refractivity contribution in [3.05, 3.63) is 56.6 Å². The first-order valence-corrected chi connectivity index (χ1v) is 9.43. The topological polar surface area (TPSA) is 90.3 Å². The van der Waals surface area contributed by atoms with Gasteiger partial charge in [0.15, 0.2) is 11.5 Å². The fourth-order valence-corrected chi connectivity index (χ4v) is 3.61. The Hall–Kier alpha value is -2.58. The molecule has 3 N–H and O–H groups in total. The molecule has 1 heterocycles. The molecular weight excluding hydrogens is 418 g/mol. The van der Waals surface area contributed by atoms with Crippen LogP contribution < -0.4 is 4.80 Å². The molecule has 0 radical (unpaired) electrons. The Balaban J connectivity index is 2.11. The normalized spacial score (nSPS) is 12.2.